The Morgan fingerprint density at radius 3 is 2.40 bits per heavy atom. The SMILES string of the molecule is O=C(NCC(=O)N(C1CCC(Oc2ncc(Br)cn2)CC1)C1CNC1)c1cccc(C(F)(F)F)c1. The Balaban J connectivity index is 1.33. The molecule has 2 heterocycles. The summed E-state index contributed by atoms with van der Waals surface area (Å²) in [5, 5.41) is 5.64. The molecule has 2 fully saturated rings. The van der Waals surface area contributed by atoms with Crippen molar-refractivity contribution in [2.24, 2.45) is 0 Å². The number of benzene rings is 1. The highest BCUT2D eigenvalue weighted by Gasteiger charge is 2.37. The van der Waals surface area contributed by atoms with E-state index in [0.29, 0.717) is 19.1 Å². The average Bonchev–Trinajstić information content (AvgIpc) is 2.81. The van der Waals surface area contributed by atoms with E-state index in [9.17, 15) is 22.8 Å². The quantitative estimate of drug-likeness (QED) is 0.544. The lowest BCUT2D eigenvalue weighted by Gasteiger charge is -2.45. The topological polar surface area (TPSA) is 96.5 Å². The molecule has 1 saturated carbocycles. The van der Waals surface area contributed by atoms with Crippen LogP contribution >= 0.6 is 15.9 Å². The van der Waals surface area contributed by atoms with Crippen molar-refractivity contribution >= 4 is 27.7 Å². The van der Waals surface area contributed by atoms with Crippen LogP contribution in [0.5, 0.6) is 6.01 Å². The minimum absolute atomic E-state index is 0.00857. The maximum absolute atomic E-state index is 13.1. The second-order valence-corrected chi connectivity index (χ2v) is 9.52. The van der Waals surface area contributed by atoms with Crippen LogP contribution in [0.25, 0.3) is 0 Å². The number of aromatic nitrogens is 2. The number of alkyl halides is 3. The first-order valence-electron chi connectivity index (χ1n) is 11.3. The monoisotopic (exact) mass is 555 g/mol. The van der Waals surface area contributed by atoms with Crippen molar-refractivity contribution in [2.75, 3.05) is 19.6 Å². The van der Waals surface area contributed by atoms with Crippen LogP contribution < -0.4 is 15.4 Å². The zero-order valence-electron chi connectivity index (χ0n) is 18.7. The van der Waals surface area contributed by atoms with Gasteiger partial charge in [0.1, 0.15) is 6.10 Å². The molecule has 4 rings (SSSR count). The van der Waals surface area contributed by atoms with E-state index in [-0.39, 0.29) is 36.2 Å². The van der Waals surface area contributed by atoms with E-state index in [4.69, 9.17) is 4.74 Å². The van der Waals surface area contributed by atoms with Gasteiger partial charge in [-0.15, -0.1) is 0 Å². The van der Waals surface area contributed by atoms with Gasteiger partial charge in [-0.05, 0) is 59.8 Å². The molecule has 1 aromatic carbocycles. The van der Waals surface area contributed by atoms with Gasteiger partial charge in [-0.3, -0.25) is 9.59 Å². The lowest BCUT2D eigenvalue weighted by Crippen LogP contribution is -2.63. The first-order valence-corrected chi connectivity index (χ1v) is 12.1. The molecule has 2 amide bonds. The summed E-state index contributed by atoms with van der Waals surface area (Å²) >= 11 is 3.29. The van der Waals surface area contributed by atoms with Crippen molar-refractivity contribution in [2.45, 2.75) is 50.0 Å². The Morgan fingerprint density at radius 2 is 1.80 bits per heavy atom. The van der Waals surface area contributed by atoms with Crippen molar-refractivity contribution in [3.8, 4) is 6.01 Å². The summed E-state index contributed by atoms with van der Waals surface area (Å²) in [5.41, 5.74) is -1.05. The normalized spacial score (nSPS) is 20.6. The Labute approximate surface area is 208 Å². The number of hydrogen-bond acceptors (Lipinski definition) is 6. The largest absolute Gasteiger partial charge is 0.460 e. The van der Waals surface area contributed by atoms with E-state index in [1.807, 2.05) is 4.90 Å². The molecule has 12 heteroatoms. The minimum atomic E-state index is -4.55. The molecule has 1 saturated heterocycles. The van der Waals surface area contributed by atoms with E-state index in [0.717, 1.165) is 42.3 Å². The molecule has 2 aromatic rings. The number of carbonyl (C=O) groups is 2. The smallest absolute Gasteiger partial charge is 0.416 e. The summed E-state index contributed by atoms with van der Waals surface area (Å²) in [6, 6.07) is 4.46. The van der Waals surface area contributed by atoms with Gasteiger partial charge in [-0.2, -0.15) is 13.2 Å². The van der Waals surface area contributed by atoms with E-state index in [2.05, 4.69) is 36.5 Å². The van der Waals surface area contributed by atoms with Gasteiger partial charge in [-0.1, -0.05) is 6.07 Å². The van der Waals surface area contributed by atoms with E-state index in [1.54, 1.807) is 12.4 Å². The standard InChI is InChI=1S/C23H25BrF3N5O3/c24-16-9-30-22(31-10-16)35-19-6-4-17(5-7-19)32(18-11-28-12-18)20(33)13-29-21(34)14-2-1-3-15(8-14)23(25,26)27/h1-3,8-10,17-19,28H,4-7,11-13H2,(H,29,34). The number of rotatable bonds is 7. The summed E-state index contributed by atoms with van der Waals surface area (Å²) in [4.78, 5) is 35.6. The number of halogens is 4. The maximum Gasteiger partial charge on any atom is 0.416 e. The maximum atomic E-state index is 13.1. The molecule has 35 heavy (non-hydrogen) atoms. The number of ether oxygens (including phenoxy) is 1. The first-order chi connectivity index (χ1) is 16.7. The van der Waals surface area contributed by atoms with E-state index < -0.39 is 17.6 Å². The highest BCUT2D eigenvalue weighted by atomic mass is 79.9. The lowest BCUT2D eigenvalue weighted by atomic mass is 9.90. The van der Waals surface area contributed by atoms with Gasteiger partial charge in [0.2, 0.25) is 5.91 Å². The number of nitrogens with one attached hydrogen (secondary N) is 2. The summed E-state index contributed by atoms with van der Waals surface area (Å²) in [5.74, 6) is -0.972. The molecular weight excluding hydrogens is 531 g/mol. The summed E-state index contributed by atoms with van der Waals surface area (Å²) in [6.07, 6.45) is 1.54. The molecule has 1 aliphatic carbocycles. The van der Waals surface area contributed by atoms with Crippen LogP contribution in [0.2, 0.25) is 0 Å². The summed E-state index contributed by atoms with van der Waals surface area (Å²) < 4.78 is 45.4. The minimum Gasteiger partial charge on any atom is -0.460 e. The molecule has 2 N–H and O–H groups in total. The fourth-order valence-corrected chi connectivity index (χ4v) is 4.52. The van der Waals surface area contributed by atoms with Crippen LogP contribution in [-0.2, 0) is 11.0 Å². The van der Waals surface area contributed by atoms with Crippen LogP contribution in [0.4, 0.5) is 13.2 Å². The molecule has 8 nitrogen and oxygen atoms in total. The second kappa shape index (κ2) is 10.9. The zero-order chi connectivity index (χ0) is 25.0. The first kappa shape index (κ1) is 25.4. The van der Waals surface area contributed by atoms with Crippen LogP contribution in [0.1, 0.15) is 41.6 Å². The molecule has 0 atom stereocenters. The number of amides is 2. The van der Waals surface area contributed by atoms with E-state index >= 15 is 0 Å². The number of hydrogen-bond donors (Lipinski definition) is 2. The van der Waals surface area contributed by atoms with Gasteiger partial charge in [0.15, 0.2) is 0 Å². The number of nitrogens with zero attached hydrogens (tertiary/aromatic N) is 3. The third kappa shape index (κ3) is 6.49. The fraction of sp³-hybridized carbons (Fsp3) is 0.478. The van der Waals surface area contributed by atoms with Crippen molar-refractivity contribution in [1.29, 1.82) is 0 Å². The molecule has 2 aliphatic rings. The molecule has 0 unspecified atom stereocenters. The average molecular weight is 556 g/mol. The van der Waals surface area contributed by atoms with Crippen LogP contribution in [-0.4, -0.2) is 64.5 Å². The summed E-state index contributed by atoms with van der Waals surface area (Å²) in [6.45, 7) is 1.04. The highest BCUT2D eigenvalue weighted by molar-refractivity contribution is 9.10. The Kier molecular flexibility index (Phi) is 7.90. The van der Waals surface area contributed by atoms with Gasteiger partial charge in [-0.25, -0.2) is 9.97 Å². The molecule has 1 aliphatic heterocycles. The lowest BCUT2D eigenvalue weighted by molar-refractivity contribution is -0.138. The molecule has 0 spiro atoms. The summed E-state index contributed by atoms with van der Waals surface area (Å²) in [7, 11) is 0. The second-order valence-electron chi connectivity index (χ2n) is 8.61. The highest BCUT2D eigenvalue weighted by Crippen LogP contribution is 2.30. The van der Waals surface area contributed by atoms with Crippen molar-refractivity contribution in [1.82, 2.24) is 25.5 Å². The van der Waals surface area contributed by atoms with Crippen LogP contribution in [0.3, 0.4) is 0 Å². The van der Waals surface area contributed by atoms with Gasteiger partial charge in [0, 0.05) is 37.1 Å². The van der Waals surface area contributed by atoms with Gasteiger partial charge in [0.05, 0.1) is 22.6 Å². The Morgan fingerprint density at radius 1 is 1.11 bits per heavy atom. The molecule has 1 aromatic heterocycles. The predicted molar refractivity (Wildman–Crippen MR) is 124 cm³/mol. The third-order valence-corrected chi connectivity index (χ3v) is 6.61. The molecule has 0 bridgehead atoms. The van der Waals surface area contributed by atoms with Crippen molar-refractivity contribution in [3.63, 3.8) is 0 Å². The van der Waals surface area contributed by atoms with Crippen LogP contribution in [0, 0.1) is 0 Å². The predicted octanol–water partition coefficient (Wildman–Crippen LogP) is 3.18. The van der Waals surface area contributed by atoms with Gasteiger partial charge in [0.25, 0.3) is 5.91 Å². The van der Waals surface area contributed by atoms with Crippen molar-refractivity contribution in [3.05, 3.63) is 52.3 Å². The Bertz CT molecular complexity index is 1040. The fourth-order valence-electron chi connectivity index (χ4n) is 4.31. The van der Waals surface area contributed by atoms with Gasteiger partial charge < -0.3 is 20.3 Å². The third-order valence-electron chi connectivity index (χ3n) is 6.20. The molecular formula is C23H25BrF3N5O3. The molecule has 188 valence electrons. The number of carbonyl (C=O) groups excluding carboxylic acids is 2. The van der Waals surface area contributed by atoms with Gasteiger partial charge >= 0.3 is 12.2 Å². The molecule has 0 radical (unpaired) electrons. The Hall–Kier alpha value is -2.73. The van der Waals surface area contributed by atoms with Crippen molar-refractivity contribution < 1.29 is 27.5 Å². The van der Waals surface area contributed by atoms with Crippen LogP contribution in [0.15, 0.2) is 41.1 Å². The zero-order valence-corrected chi connectivity index (χ0v) is 20.3. The van der Waals surface area contributed by atoms with E-state index in [1.165, 1.54) is 12.1 Å².